The van der Waals surface area contributed by atoms with Gasteiger partial charge < -0.3 is 14.6 Å². The standard InChI is InChI=1S/C40H70O5/c1-3-5-7-9-11-13-15-17-19-21-22-24-26-28-30-32-34-39(42)44-37-38(36-41)45-40(43)35-33-31-29-27-25-23-20-18-16-14-12-10-8-6-4-2/h12-15,18-21,38,41H,3-11,16-17,22-37H2,1-2H3/b14-12-,15-13+,20-18-,21-19+. The molecule has 0 saturated heterocycles. The SMILES string of the molecule is CCCCC/C=C\C/C=C\CCCCCCCC(=O)OC(CO)COC(=O)CCCCCCC/C=C/C/C=C/CCCCCC. The van der Waals surface area contributed by atoms with E-state index in [2.05, 4.69) is 62.5 Å². The molecule has 0 aromatic heterocycles. The van der Waals surface area contributed by atoms with Gasteiger partial charge in [-0.3, -0.25) is 9.59 Å². The third-order valence-corrected chi connectivity index (χ3v) is 7.85. The molecule has 5 nitrogen and oxygen atoms in total. The van der Waals surface area contributed by atoms with Crippen molar-refractivity contribution in [2.75, 3.05) is 13.2 Å². The molecule has 0 amide bonds. The summed E-state index contributed by atoms with van der Waals surface area (Å²) in [6.45, 7) is 4.06. The second-order valence-corrected chi connectivity index (χ2v) is 12.3. The molecular formula is C40H70O5. The normalized spacial score (nSPS) is 12.7. The number of carbonyl (C=O) groups is 2. The number of allylic oxidation sites excluding steroid dienone is 8. The Morgan fingerprint density at radius 1 is 0.511 bits per heavy atom. The van der Waals surface area contributed by atoms with Gasteiger partial charge in [0.25, 0.3) is 0 Å². The number of aliphatic hydroxyl groups excluding tert-OH is 1. The number of esters is 2. The van der Waals surface area contributed by atoms with Crippen molar-refractivity contribution in [2.24, 2.45) is 0 Å². The fourth-order valence-corrected chi connectivity index (χ4v) is 4.97. The van der Waals surface area contributed by atoms with Gasteiger partial charge in [-0.1, -0.05) is 133 Å². The lowest BCUT2D eigenvalue weighted by Gasteiger charge is -2.15. The van der Waals surface area contributed by atoms with Crippen LogP contribution in [0.1, 0.15) is 174 Å². The number of ether oxygens (including phenoxy) is 2. The minimum atomic E-state index is -0.784. The molecule has 0 aromatic carbocycles. The summed E-state index contributed by atoms with van der Waals surface area (Å²) in [5.74, 6) is -0.625. The Morgan fingerprint density at radius 2 is 0.889 bits per heavy atom. The van der Waals surface area contributed by atoms with Crippen LogP contribution < -0.4 is 0 Å². The molecule has 0 rings (SSSR count). The molecular weight excluding hydrogens is 560 g/mol. The minimum absolute atomic E-state index is 0.0797. The molecule has 0 aliphatic carbocycles. The molecule has 0 heterocycles. The van der Waals surface area contributed by atoms with Gasteiger partial charge in [-0.05, 0) is 77.0 Å². The second kappa shape index (κ2) is 36.3. The summed E-state index contributed by atoms with van der Waals surface area (Å²) in [7, 11) is 0. The molecule has 0 spiro atoms. The van der Waals surface area contributed by atoms with E-state index in [0.717, 1.165) is 70.6 Å². The Kier molecular flexibility index (Phi) is 34.6. The Morgan fingerprint density at radius 3 is 1.36 bits per heavy atom. The van der Waals surface area contributed by atoms with Crippen LogP contribution in [-0.4, -0.2) is 36.4 Å². The topological polar surface area (TPSA) is 72.8 Å². The molecule has 0 bridgehead atoms. The molecule has 0 aliphatic rings. The fourth-order valence-electron chi connectivity index (χ4n) is 4.97. The third kappa shape index (κ3) is 34.6. The van der Waals surface area contributed by atoms with Gasteiger partial charge in [0, 0.05) is 12.8 Å². The van der Waals surface area contributed by atoms with Crippen LogP contribution in [0.3, 0.4) is 0 Å². The van der Waals surface area contributed by atoms with Crippen LogP contribution in [0.4, 0.5) is 0 Å². The molecule has 0 fully saturated rings. The lowest BCUT2D eigenvalue weighted by molar-refractivity contribution is -0.161. The van der Waals surface area contributed by atoms with Crippen molar-refractivity contribution in [1.82, 2.24) is 0 Å². The van der Waals surface area contributed by atoms with Gasteiger partial charge in [-0.2, -0.15) is 0 Å². The monoisotopic (exact) mass is 631 g/mol. The van der Waals surface area contributed by atoms with Crippen LogP contribution >= 0.6 is 0 Å². The van der Waals surface area contributed by atoms with Gasteiger partial charge in [0.15, 0.2) is 6.10 Å². The number of rotatable bonds is 33. The van der Waals surface area contributed by atoms with Crippen molar-refractivity contribution in [2.45, 2.75) is 180 Å². The first-order chi connectivity index (χ1) is 22.1. The van der Waals surface area contributed by atoms with Gasteiger partial charge >= 0.3 is 11.9 Å². The average molecular weight is 631 g/mol. The van der Waals surface area contributed by atoms with E-state index in [-0.39, 0.29) is 25.2 Å². The molecule has 1 N–H and O–H groups in total. The van der Waals surface area contributed by atoms with Crippen molar-refractivity contribution in [3.63, 3.8) is 0 Å². The molecule has 0 saturated carbocycles. The highest BCUT2D eigenvalue weighted by Crippen LogP contribution is 2.11. The highest BCUT2D eigenvalue weighted by molar-refractivity contribution is 5.70. The van der Waals surface area contributed by atoms with E-state index in [1.54, 1.807) is 0 Å². The predicted molar refractivity (Wildman–Crippen MR) is 191 cm³/mol. The molecule has 1 unspecified atom stereocenters. The van der Waals surface area contributed by atoms with E-state index >= 15 is 0 Å². The first-order valence-electron chi connectivity index (χ1n) is 18.7. The molecule has 260 valence electrons. The molecule has 0 aliphatic heterocycles. The zero-order valence-electron chi connectivity index (χ0n) is 29.4. The maximum Gasteiger partial charge on any atom is 0.306 e. The molecule has 45 heavy (non-hydrogen) atoms. The van der Waals surface area contributed by atoms with Crippen molar-refractivity contribution in [3.05, 3.63) is 48.6 Å². The average Bonchev–Trinajstić information content (AvgIpc) is 3.04. The Balaban J connectivity index is 3.63. The lowest BCUT2D eigenvalue weighted by atomic mass is 10.1. The quantitative estimate of drug-likeness (QED) is 0.0444. The van der Waals surface area contributed by atoms with Crippen molar-refractivity contribution in [3.8, 4) is 0 Å². The van der Waals surface area contributed by atoms with Crippen molar-refractivity contribution in [1.29, 1.82) is 0 Å². The molecule has 1 atom stereocenters. The van der Waals surface area contributed by atoms with E-state index in [1.165, 1.54) is 77.0 Å². The summed E-state index contributed by atoms with van der Waals surface area (Å²) < 4.78 is 10.6. The Bertz CT molecular complexity index is 767. The molecule has 0 radical (unpaired) electrons. The predicted octanol–water partition coefficient (Wildman–Crippen LogP) is 11.5. The summed E-state index contributed by atoms with van der Waals surface area (Å²) in [6, 6.07) is 0. The number of aliphatic hydroxyl groups is 1. The zero-order chi connectivity index (χ0) is 32.9. The van der Waals surface area contributed by atoms with E-state index in [4.69, 9.17) is 9.47 Å². The van der Waals surface area contributed by atoms with Gasteiger partial charge in [-0.25, -0.2) is 0 Å². The van der Waals surface area contributed by atoms with Crippen molar-refractivity contribution < 1.29 is 24.2 Å². The highest BCUT2D eigenvalue weighted by atomic mass is 16.6. The van der Waals surface area contributed by atoms with E-state index in [0.29, 0.717) is 12.8 Å². The first-order valence-corrected chi connectivity index (χ1v) is 18.7. The Hall–Kier alpha value is -2.14. The highest BCUT2D eigenvalue weighted by Gasteiger charge is 2.16. The maximum atomic E-state index is 12.1. The third-order valence-electron chi connectivity index (χ3n) is 7.85. The number of hydrogen-bond donors (Lipinski definition) is 1. The zero-order valence-corrected chi connectivity index (χ0v) is 29.4. The van der Waals surface area contributed by atoms with Crippen LogP contribution in [0, 0.1) is 0 Å². The summed E-state index contributed by atoms with van der Waals surface area (Å²) in [6.07, 6.45) is 44.4. The van der Waals surface area contributed by atoms with E-state index in [9.17, 15) is 14.7 Å². The van der Waals surface area contributed by atoms with Crippen molar-refractivity contribution >= 4 is 11.9 Å². The van der Waals surface area contributed by atoms with E-state index < -0.39 is 6.10 Å². The van der Waals surface area contributed by atoms with Crippen LogP contribution in [-0.2, 0) is 19.1 Å². The Labute approximate surface area is 278 Å². The summed E-state index contributed by atoms with van der Waals surface area (Å²) >= 11 is 0. The summed E-state index contributed by atoms with van der Waals surface area (Å²) in [5, 5.41) is 9.53. The van der Waals surface area contributed by atoms with Gasteiger partial charge in [0.05, 0.1) is 6.61 Å². The number of carbonyl (C=O) groups excluding carboxylic acids is 2. The molecule has 5 heteroatoms. The summed E-state index contributed by atoms with van der Waals surface area (Å²) in [4.78, 5) is 24.2. The van der Waals surface area contributed by atoms with Gasteiger partial charge in [0.2, 0.25) is 0 Å². The summed E-state index contributed by atoms with van der Waals surface area (Å²) in [5.41, 5.74) is 0. The fraction of sp³-hybridized carbons (Fsp3) is 0.750. The largest absolute Gasteiger partial charge is 0.462 e. The van der Waals surface area contributed by atoms with Gasteiger partial charge in [0.1, 0.15) is 6.61 Å². The van der Waals surface area contributed by atoms with Crippen LogP contribution in [0.5, 0.6) is 0 Å². The van der Waals surface area contributed by atoms with Crippen LogP contribution in [0.15, 0.2) is 48.6 Å². The number of hydrogen-bond acceptors (Lipinski definition) is 5. The molecule has 0 aromatic rings. The van der Waals surface area contributed by atoms with Crippen LogP contribution in [0.2, 0.25) is 0 Å². The smallest absolute Gasteiger partial charge is 0.306 e. The second-order valence-electron chi connectivity index (χ2n) is 12.3. The maximum absolute atomic E-state index is 12.1. The lowest BCUT2D eigenvalue weighted by Crippen LogP contribution is -2.28. The number of unbranched alkanes of at least 4 members (excludes halogenated alkanes) is 17. The van der Waals surface area contributed by atoms with E-state index in [1.807, 2.05) is 0 Å². The minimum Gasteiger partial charge on any atom is -0.462 e. The van der Waals surface area contributed by atoms with Crippen LogP contribution in [0.25, 0.3) is 0 Å². The van der Waals surface area contributed by atoms with Gasteiger partial charge in [-0.15, -0.1) is 0 Å². The first kappa shape index (κ1) is 42.9.